The van der Waals surface area contributed by atoms with Gasteiger partial charge in [0.05, 0.1) is 0 Å². The van der Waals surface area contributed by atoms with E-state index in [1.165, 1.54) is 50.7 Å². The maximum absolute atomic E-state index is 13.3. The van der Waals surface area contributed by atoms with Crippen molar-refractivity contribution in [2.75, 3.05) is 0 Å². The number of hydrogen-bond acceptors (Lipinski definition) is 1. The molecule has 26 heavy (non-hydrogen) atoms. The second-order valence-electron chi connectivity index (χ2n) is 9.67. The van der Waals surface area contributed by atoms with E-state index in [1.807, 2.05) is 12.1 Å². The van der Waals surface area contributed by atoms with Gasteiger partial charge in [0.1, 0.15) is 5.82 Å². The van der Waals surface area contributed by atoms with Gasteiger partial charge in [-0.3, -0.25) is 4.79 Å². The van der Waals surface area contributed by atoms with E-state index in [0.29, 0.717) is 29.2 Å². The first-order chi connectivity index (χ1) is 12.4. The summed E-state index contributed by atoms with van der Waals surface area (Å²) < 4.78 is 13.5. The van der Waals surface area contributed by atoms with Crippen molar-refractivity contribution in [1.82, 2.24) is 4.90 Å². The lowest BCUT2D eigenvalue weighted by Crippen LogP contribution is -2.54. The summed E-state index contributed by atoms with van der Waals surface area (Å²) in [6, 6.07) is 7.03. The molecule has 0 N–H and O–H groups in total. The third-order valence-corrected chi connectivity index (χ3v) is 8.14. The van der Waals surface area contributed by atoms with Gasteiger partial charge in [-0.25, -0.2) is 4.39 Å². The van der Waals surface area contributed by atoms with Crippen LogP contribution >= 0.6 is 15.9 Å². The van der Waals surface area contributed by atoms with Crippen molar-refractivity contribution in [2.24, 2.45) is 17.3 Å². The highest BCUT2D eigenvalue weighted by Crippen LogP contribution is 2.65. The summed E-state index contributed by atoms with van der Waals surface area (Å²) in [5.74, 6) is 1.74. The highest BCUT2D eigenvalue weighted by atomic mass is 79.9. The fourth-order valence-electron chi connectivity index (χ4n) is 6.56. The number of halogens is 2. The van der Waals surface area contributed by atoms with Crippen molar-refractivity contribution in [2.45, 2.75) is 74.7 Å². The molecule has 5 fully saturated rings. The van der Waals surface area contributed by atoms with Gasteiger partial charge in [-0.15, -0.1) is 0 Å². The molecule has 140 valence electrons. The van der Waals surface area contributed by atoms with Crippen molar-refractivity contribution in [3.05, 3.63) is 35.6 Å². The second kappa shape index (κ2) is 6.05. The van der Waals surface area contributed by atoms with E-state index >= 15 is 0 Å². The molecule has 1 aromatic rings. The van der Waals surface area contributed by atoms with Crippen LogP contribution in [0.5, 0.6) is 0 Å². The van der Waals surface area contributed by atoms with Gasteiger partial charge in [0.15, 0.2) is 0 Å². The molecule has 0 unspecified atom stereocenters. The Kier molecular flexibility index (Phi) is 4.01. The number of hydrogen-bond donors (Lipinski definition) is 0. The molecule has 0 aliphatic heterocycles. The molecule has 0 aromatic heterocycles. The predicted octanol–water partition coefficient (Wildman–Crippen LogP) is 5.44. The predicted molar refractivity (Wildman–Crippen MR) is 103 cm³/mol. The molecule has 4 heteroatoms. The Bertz CT molecular complexity index is 699. The van der Waals surface area contributed by atoms with Crippen molar-refractivity contribution < 1.29 is 9.18 Å². The fourth-order valence-corrected chi connectivity index (χ4v) is 8.07. The van der Waals surface area contributed by atoms with Crippen LogP contribution in [-0.2, 0) is 11.3 Å². The van der Waals surface area contributed by atoms with Gasteiger partial charge in [-0.2, -0.15) is 0 Å². The molecule has 5 saturated carbocycles. The van der Waals surface area contributed by atoms with E-state index in [9.17, 15) is 9.18 Å². The third kappa shape index (κ3) is 3.23. The summed E-state index contributed by atoms with van der Waals surface area (Å²) in [4.78, 5) is 15.4. The van der Waals surface area contributed by atoms with Crippen LogP contribution < -0.4 is 0 Å². The molecule has 2 atom stereocenters. The Balaban J connectivity index is 1.32. The van der Waals surface area contributed by atoms with Gasteiger partial charge in [0.25, 0.3) is 0 Å². The van der Waals surface area contributed by atoms with Gasteiger partial charge < -0.3 is 4.90 Å². The average Bonchev–Trinajstić information content (AvgIpc) is 3.36. The maximum Gasteiger partial charge on any atom is 0.223 e. The first kappa shape index (κ1) is 17.2. The number of rotatable bonds is 5. The molecule has 2 nitrogen and oxygen atoms in total. The van der Waals surface area contributed by atoms with Crippen molar-refractivity contribution >= 4 is 21.8 Å². The number of alkyl halides is 1. The second-order valence-corrected chi connectivity index (χ2v) is 11.4. The molecule has 0 spiro atoms. The van der Waals surface area contributed by atoms with Gasteiger partial charge >= 0.3 is 0 Å². The molecule has 0 radical (unpaired) electrons. The number of nitrogens with zero attached hydrogens (tertiary/aromatic N) is 1. The highest BCUT2D eigenvalue weighted by Gasteiger charge is 2.57. The molecule has 0 heterocycles. The normalized spacial score (nSPS) is 37.8. The smallest absolute Gasteiger partial charge is 0.223 e. The van der Waals surface area contributed by atoms with Gasteiger partial charge in [0, 0.05) is 23.3 Å². The maximum atomic E-state index is 13.3. The first-order valence-electron chi connectivity index (χ1n) is 10.1. The first-order valence-corrected chi connectivity index (χ1v) is 10.9. The third-order valence-electron chi connectivity index (χ3n) is 7.21. The lowest BCUT2D eigenvalue weighted by molar-refractivity contribution is -0.139. The van der Waals surface area contributed by atoms with Crippen LogP contribution in [-0.4, -0.2) is 21.2 Å². The molecule has 5 aliphatic carbocycles. The molecule has 4 bridgehead atoms. The number of carbonyl (C=O) groups is 1. The van der Waals surface area contributed by atoms with Crippen molar-refractivity contribution in [1.29, 1.82) is 0 Å². The Hall–Kier alpha value is -0.900. The zero-order valence-electron chi connectivity index (χ0n) is 15.2. The molecule has 5 aliphatic rings. The fraction of sp³-hybridized carbons (Fsp3) is 0.682. The Morgan fingerprint density at radius 3 is 2.35 bits per heavy atom. The summed E-state index contributed by atoms with van der Waals surface area (Å²) in [6.45, 7) is 0.631. The molecule has 1 amide bonds. The highest BCUT2D eigenvalue weighted by molar-refractivity contribution is 9.10. The van der Waals surface area contributed by atoms with E-state index in [0.717, 1.165) is 30.2 Å². The minimum atomic E-state index is -0.214. The SMILES string of the molecule is O=C(CC12C[C@H]3C[C@@H](CC(Br)(C3)C1)C2)N(Cc1ccc(F)cc1)C1CC1. The minimum Gasteiger partial charge on any atom is -0.335 e. The van der Waals surface area contributed by atoms with Gasteiger partial charge in [-0.05, 0) is 86.3 Å². The zero-order valence-corrected chi connectivity index (χ0v) is 16.8. The Morgan fingerprint density at radius 1 is 1.12 bits per heavy atom. The van der Waals surface area contributed by atoms with Gasteiger partial charge in [0.2, 0.25) is 5.91 Å². The van der Waals surface area contributed by atoms with E-state index in [1.54, 1.807) is 0 Å². The average molecular weight is 420 g/mol. The summed E-state index contributed by atoms with van der Waals surface area (Å²) in [7, 11) is 0. The van der Waals surface area contributed by atoms with Crippen molar-refractivity contribution in [3.8, 4) is 0 Å². The standard InChI is InChI=1S/C22H27BrFNO/c23-22-10-16-7-17(11-22)9-21(8-16,14-22)12-20(26)25(19-5-6-19)13-15-1-3-18(24)4-2-15/h1-4,16-17,19H,5-14H2/t16-,17-,21?,22?/m1/s1. The molecule has 6 rings (SSSR count). The van der Waals surface area contributed by atoms with Crippen molar-refractivity contribution in [3.63, 3.8) is 0 Å². The minimum absolute atomic E-state index is 0.214. The number of amides is 1. The van der Waals surface area contributed by atoms with Crippen LogP contribution in [0.15, 0.2) is 24.3 Å². The molecular weight excluding hydrogens is 393 g/mol. The van der Waals surface area contributed by atoms with Crippen LogP contribution in [0.25, 0.3) is 0 Å². The van der Waals surface area contributed by atoms with Gasteiger partial charge in [-0.1, -0.05) is 28.1 Å². The quantitative estimate of drug-likeness (QED) is 0.581. The van der Waals surface area contributed by atoms with Crippen LogP contribution in [0.3, 0.4) is 0 Å². The summed E-state index contributed by atoms with van der Waals surface area (Å²) in [6.07, 6.45) is 10.6. The molecule has 0 saturated heterocycles. The van der Waals surface area contributed by atoms with E-state index in [4.69, 9.17) is 0 Å². The summed E-state index contributed by atoms with van der Waals surface area (Å²) in [5, 5.41) is 0. The lowest BCUT2D eigenvalue weighted by atomic mass is 9.48. The van der Waals surface area contributed by atoms with E-state index in [-0.39, 0.29) is 11.2 Å². The monoisotopic (exact) mass is 419 g/mol. The Morgan fingerprint density at radius 2 is 1.77 bits per heavy atom. The topological polar surface area (TPSA) is 20.3 Å². The summed E-state index contributed by atoms with van der Waals surface area (Å²) in [5.41, 5.74) is 1.26. The molecule has 1 aromatic carbocycles. The largest absolute Gasteiger partial charge is 0.335 e. The number of benzene rings is 1. The van der Waals surface area contributed by atoms with E-state index in [2.05, 4.69) is 20.8 Å². The number of carbonyl (C=O) groups excluding carboxylic acids is 1. The van der Waals surface area contributed by atoms with Crippen LogP contribution in [0.2, 0.25) is 0 Å². The zero-order chi connectivity index (χ0) is 17.9. The Labute approximate surface area is 163 Å². The van der Waals surface area contributed by atoms with E-state index < -0.39 is 0 Å². The lowest BCUT2D eigenvalue weighted by Gasteiger charge is -2.60. The van der Waals surface area contributed by atoms with Crippen LogP contribution in [0.4, 0.5) is 4.39 Å². The summed E-state index contributed by atoms with van der Waals surface area (Å²) >= 11 is 4.06. The van der Waals surface area contributed by atoms with Crippen LogP contribution in [0, 0.1) is 23.1 Å². The van der Waals surface area contributed by atoms with Crippen LogP contribution in [0.1, 0.15) is 63.4 Å². The molecular formula is C22H27BrFNO.